The average molecular weight is 247 g/mol. The third kappa shape index (κ3) is 3.25. The normalized spacial score (nSPS) is 10.6. The number of carbonyl (C=O) groups is 1. The molecule has 0 saturated carbocycles. The lowest BCUT2D eigenvalue weighted by Gasteiger charge is -2.05. The minimum absolute atomic E-state index is 0.0717. The molecule has 0 bridgehead atoms. The van der Waals surface area contributed by atoms with Gasteiger partial charge in [0.05, 0.1) is 13.7 Å². The first-order chi connectivity index (χ1) is 8.62. The van der Waals surface area contributed by atoms with Crippen LogP contribution in [0, 0.1) is 11.3 Å². The third-order valence-corrected chi connectivity index (χ3v) is 2.14. The van der Waals surface area contributed by atoms with Crippen LogP contribution in [0.3, 0.4) is 0 Å². The highest BCUT2D eigenvalue weighted by atomic mass is 16.5. The van der Waals surface area contributed by atoms with Crippen LogP contribution in [-0.2, 0) is 9.53 Å². The second kappa shape index (κ2) is 6.30. The van der Waals surface area contributed by atoms with Gasteiger partial charge in [0.2, 0.25) is 0 Å². The molecule has 0 saturated heterocycles. The summed E-state index contributed by atoms with van der Waals surface area (Å²) in [6.07, 6.45) is 1.26. The van der Waals surface area contributed by atoms with E-state index in [4.69, 9.17) is 10.00 Å². The van der Waals surface area contributed by atoms with Gasteiger partial charge in [-0.05, 0) is 25.1 Å². The molecule has 0 amide bonds. The van der Waals surface area contributed by atoms with Crippen LogP contribution in [0.5, 0.6) is 11.5 Å². The van der Waals surface area contributed by atoms with Gasteiger partial charge in [-0.1, -0.05) is 0 Å². The lowest BCUT2D eigenvalue weighted by molar-refractivity contribution is -0.135. The van der Waals surface area contributed by atoms with Crippen LogP contribution in [0.15, 0.2) is 23.8 Å². The Morgan fingerprint density at radius 1 is 1.56 bits per heavy atom. The smallest absolute Gasteiger partial charge is 0.348 e. The van der Waals surface area contributed by atoms with Crippen LogP contribution < -0.4 is 4.74 Å². The number of benzene rings is 1. The first-order valence-electron chi connectivity index (χ1n) is 5.28. The molecule has 1 rings (SSSR count). The molecule has 0 spiro atoms. The summed E-state index contributed by atoms with van der Waals surface area (Å²) in [5.41, 5.74) is 0.164. The topological polar surface area (TPSA) is 79.5 Å². The number of esters is 1. The van der Waals surface area contributed by atoms with Crippen molar-refractivity contribution in [3.05, 3.63) is 29.3 Å². The molecular formula is C13H13NO4. The van der Waals surface area contributed by atoms with Crippen LogP contribution in [0.25, 0.3) is 6.08 Å². The Bertz CT molecular complexity index is 514. The number of hydrogen-bond acceptors (Lipinski definition) is 5. The standard InChI is InChI=1S/C13H13NO4/c1-3-18-11-5-4-9(12(15)7-11)6-10(8-14)13(16)17-2/h4-7,15H,3H2,1-2H3. The van der Waals surface area contributed by atoms with Crippen molar-refractivity contribution in [3.8, 4) is 17.6 Å². The molecule has 94 valence electrons. The highest BCUT2D eigenvalue weighted by Crippen LogP contribution is 2.25. The van der Waals surface area contributed by atoms with E-state index in [0.29, 0.717) is 17.9 Å². The molecule has 0 heterocycles. The quantitative estimate of drug-likeness (QED) is 0.499. The van der Waals surface area contributed by atoms with Crippen LogP contribution in [0.4, 0.5) is 0 Å². The van der Waals surface area contributed by atoms with Gasteiger partial charge in [0.15, 0.2) is 0 Å². The van der Waals surface area contributed by atoms with Crippen LogP contribution >= 0.6 is 0 Å². The van der Waals surface area contributed by atoms with Crippen molar-refractivity contribution in [2.75, 3.05) is 13.7 Å². The molecule has 18 heavy (non-hydrogen) atoms. The lowest BCUT2D eigenvalue weighted by atomic mass is 10.1. The van der Waals surface area contributed by atoms with Crippen LogP contribution in [-0.4, -0.2) is 24.8 Å². The number of nitriles is 1. The Balaban J connectivity index is 3.08. The number of phenols is 1. The van der Waals surface area contributed by atoms with E-state index in [1.807, 2.05) is 6.92 Å². The summed E-state index contributed by atoms with van der Waals surface area (Å²) >= 11 is 0. The number of ether oxygens (including phenoxy) is 2. The molecule has 0 aliphatic carbocycles. The van der Waals surface area contributed by atoms with E-state index in [2.05, 4.69) is 4.74 Å². The van der Waals surface area contributed by atoms with Gasteiger partial charge in [0, 0.05) is 11.6 Å². The number of phenolic OH excluding ortho intramolecular Hbond substituents is 1. The molecule has 0 radical (unpaired) electrons. The van der Waals surface area contributed by atoms with E-state index in [-0.39, 0.29) is 11.3 Å². The Labute approximate surface area is 105 Å². The maximum atomic E-state index is 11.2. The maximum Gasteiger partial charge on any atom is 0.348 e. The van der Waals surface area contributed by atoms with Gasteiger partial charge in [-0.15, -0.1) is 0 Å². The van der Waals surface area contributed by atoms with Crippen molar-refractivity contribution in [2.45, 2.75) is 6.92 Å². The molecule has 5 heteroatoms. The Hall–Kier alpha value is -2.48. The van der Waals surface area contributed by atoms with Crippen LogP contribution in [0.1, 0.15) is 12.5 Å². The fourth-order valence-corrected chi connectivity index (χ4v) is 1.30. The van der Waals surface area contributed by atoms with E-state index >= 15 is 0 Å². The fraction of sp³-hybridized carbons (Fsp3) is 0.231. The molecule has 1 aromatic carbocycles. The average Bonchev–Trinajstić information content (AvgIpc) is 2.37. The van der Waals surface area contributed by atoms with Crippen molar-refractivity contribution < 1.29 is 19.4 Å². The molecule has 0 aliphatic heterocycles. The predicted octanol–water partition coefficient (Wildman–Crippen LogP) is 1.87. The molecule has 0 aliphatic rings. The molecule has 0 atom stereocenters. The van der Waals surface area contributed by atoms with E-state index < -0.39 is 5.97 Å². The zero-order valence-electron chi connectivity index (χ0n) is 10.1. The molecule has 0 aromatic heterocycles. The highest BCUT2D eigenvalue weighted by molar-refractivity contribution is 5.98. The lowest BCUT2D eigenvalue weighted by Crippen LogP contribution is -2.02. The molecular weight excluding hydrogens is 234 g/mol. The number of rotatable bonds is 4. The van der Waals surface area contributed by atoms with Crippen molar-refractivity contribution in [1.29, 1.82) is 5.26 Å². The van der Waals surface area contributed by atoms with Gasteiger partial charge < -0.3 is 14.6 Å². The Kier molecular flexibility index (Phi) is 4.76. The first kappa shape index (κ1) is 13.6. The second-order valence-corrected chi connectivity index (χ2v) is 3.32. The van der Waals surface area contributed by atoms with Gasteiger partial charge in [-0.3, -0.25) is 0 Å². The molecule has 5 nitrogen and oxygen atoms in total. The van der Waals surface area contributed by atoms with E-state index in [0.717, 1.165) is 0 Å². The number of hydrogen-bond donors (Lipinski definition) is 1. The zero-order chi connectivity index (χ0) is 13.5. The number of methoxy groups -OCH3 is 1. The predicted molar refractivity (Wildman–Crippen MR) is 64.9 cm³/mol. The number of nitrogens with zero attached hydrogens (tertiary/aromatic N) is 1. The van der Waals surface area contributed by atoms with Gasteiger partial charge in [0.1, 0.15) is 23.1 Å². The van der Waals surface area contributed by atoms with Gasteiger partial charge in [-0.2, -0.15) is 5.26 Å². The molecule has 0 unspecified atom stereocenters. The van der Waals surface area contributed by atoms with Gasteiger partial charge in [0.25, 0.3) is 0 Å². The first-order valence-corrected chi connectivity index (χ1v) is 5.28. The summed E-state index contributed by atoms with van der Waals surface area (Å²) in [6.45, 7) is 2.32. The maximum absolute atomic E-state index is 11.2. The summed E-state index contributed by atoms with van der Waals surface area (Å²) in [6, 6.07) is 6.33. The summed E-state index contributed by atoms with van der Waals surface area (Å²) in [7, 11) is 1.19. The summed E-state index contributed by atoms with van der Waals surface area (Å²) < 4.78 is 9.65. The summed E-state index contributed by atoms with van der Waals surface area (Å²) in [5, 5.41) is 18.5. The largest absolute Gasteiger partial charge is 0.507 e. The molecule has 1 N–H and O–H groups in total. The Morgan fingerprint density at radius 2 is 2.28 bits per heavy atom. The second-order valence-electron chi connectivity index (χ2n) is 3.32. The van der Waals surface area contributed by atoms with Crippen LogP contribution in [0.2, 0.25) is 0 Å². The van der Waals surface area contributed by atoms with Crippen molar-refractivity contribution in [2.24, 2.45) is 0 Å². The van der Waals surface area contributed by atoms with Gasteiger partial charge >= 0.3 is 5.97 Å². The minimum atomic E-state index is -0.745. The summed E-state index contributed by atoms with van der Waals surface area (Å²) in [4.78, 5) is 11.2. The summed E-state index contributed by atoms with van der Waals surface area (Å²) in [5.74, 6) is -0.299. The van der Waals surface area contributed by atoms with E-state index in [9.17, 15) is 9.90 Å². The number of aromatic hydroxyl groups is 1. The third-order valence-electron chi connectivity index (χ3n) is 2.14. The minimum Gasteiger partial charge on any atom is -0.507 e. The van der Waals surface area contributed by atoms with Crippen molar-refractivity contribution in [3.63, 3.8) is 0 Å². The molecule has 1 aromatic rings. The van der Waals surface area contributed by atoms with Crippen molar-refractivity contribution >= 4 is 12.0 Å². The SMILES string of the molecule is CCOc1ccc(C=C(C#N)C(=O)OC)c(O)c1. The highest BCUT2D eigenvalue weighted by Gasteiger charge is 2.10. The van der Waals surface area contributed by atoms with E-state index in [1.165, 1.54) is 19.3 Å². The van der Waals surface area contributed by atoms with Gasteiger partial charge in [-0.25, -0.2) is 4.79 Å². The monoisotopic (exact) mass is 247 g/mol. The fourth-order valence-electron chi connectivity index (χ4n) is 1.30. The zero-order valence-corrected chi connectivity index (χ0v) is 10.1. The Morgan fingerprint density at radius 3 is 2.78 bits per heavy atom. The van der Waals surface area contributed by atoms with E-state index in [1.54, 1.807) is 18.2 Å². The number of carbonyl (C=O) groups excluding carboxylic acids is 1. The molecule has 0 fully saturated rings. The van der Waals surface area contributed by atoms with Crippen molar-refractivity contribution in [1.82, 2.24) is 0 Å².